The maximum absolute atomic E-state index is 7.70. The molecule has 0 amide bonds. The Balaban J connectivity index is 2.44. The zero-order valence-corrected chi connectivity index (χ0v) is 8.80. The highest BCUT2D eigenvalue weighted by molar-refractivity contribution is 5.94. The van der Waals surface area contributed by atoms with Crippen LogP contribution in [-0.2, 0) is 6.42 Å². The van der Waals surface area contributed by atoms with E-state index in [1.54, 1.807) is 0 Å². The van der Waals surface area contributed by atoms with E-state index < -0.39 is 0 Å². The van der Waals surface area contributed by atoms with Gasteiger partial charge >= 0.3 is 0 Å². The van der Waals surface area contributed by atoms with Gasteiger partial charge in [-0.2, -0.15) is 0 Å². The molecular formula is C12H16N2. The number of benzene rings is 1. The Labute approximate surface area is 85.1 Å². The number of aryl methyl sites for hydroxylation is 2. The molecule has 1 aliphatic rings. The lowest BCUT2D eigenvalue weighted by atomic mass is 9.99. The van der Waals surface area contributed by atoms with Gasteiger partial charge in [-0.05, 0) is 38.3 Å². The topological polar surface area (TPSA) is 27.1 Å². The Morgan fingerprint density at radius 1 is 1.43 bits per heavy atom. The Morgan fingerprint density at radius 3 is 2.93 bits per heavy atom. The third-order valence-electron chi connectivity index (χ3n) is 2.76. The maximum Gasteiger partial charge on any atom is 0.0970 e. The Morgan fingerprint density at radius 2 is 2.21 bits per heavy atom. The van der Waals surface area contributed by atoms with Gasteiger partial charge in [-0.1, -0.05) is 17.7 Å². The minimum atomic E-state index is 0.648. The van der Waals surface area contributed by atoms with Crippen molar-refractivity contribution in [1.82, 2.24) is 0 Å². The maximum atomic E-state index is 7.70. The first kappa shape index (κ1) is 9.25. The molecule has 14 heavy (non-hydrogen) atoms. The van der Waals surface area contributed by atoms with Gasteiger partial charge in [0.1, 0.15) is 0 Å². The van der Waals surface area contributed by atoms with E-state index in [4.69, 9.17) is 5.41 Å². The van der Waals surface area contributed by atoms with E-state index >= 15 is 0 Å². The molecule has 1 aromatic carbocycles. The molecule has 1 aromatic rings. The third-order valence-corrected chi connectivity index (χ3v) is 2.76. The van der Waals surface area contributed by atoms with Crippen LogP contribution >= 0.6 is 0 Å². The van der Waals surface area contributed by atoms with Gasteiger partial charge in [0.2, 0.25) is 0 Å². The van der Waals surface area contributed by atoms with Crippen molar-refractivity contribution in [2.24, 2.45) is 0 Å². The normalized spacial score (nSPS) is 15.1. The number of nitrogens with zero attached hydrogens (tertiary/aromatic N) is 1. The van der Waals surface area contributed by atoms with Crippen LogP contribution in [0.5, 0.6) is 0 Å². The van der Waals surface area contributed by atoms with Crippen molar-refractivity contribution in [3.8, 4) is 0 Å². The van der Waals surface area contributed by atoms with Crippen LogP contribution in [-0.4, -0.2) is 12.4 Å². The predicted octanol–water partition coefficient (Wildman–Crippen LogP) is 2.74. The molecule has 0 aromatic heterocycles. The number of hydrogen-bond donors (Lipinski definition) is 1. The van der Waals surface area contributed by atoms with Crippen LogP contribution in [0.15, 0.2) is 18.2 Å². The standard InChI is InChI=1S/C12H16N2/c1-9-5-6-12-11(8-9)4-3-7-14(12)10(2)13/h5-6,8,13H,3-4,7H2,1-2H3. The van der Waals surface area contributed by atoms with Gasteiger partial charge in [-0.15, -0.1) is 0 Å². The molecule has 0 fully saturated rings. The van der Waals surface area contributed by atoms with Crippen molar-refractivity contribution in [2.75, 3.05) is 11.4 Å². The van der Waals surface area contributed by atoms with E-state index in [0.29, 0.717) is 5.84 Å². The van der Waals surface area contributed by atoms with Gasteiger partial charge < -0.3 is 4.90 Å². The third kappa shape index (κ3) is 1.52. The van der Waals surface area contributed by atoms with Crippen LogP contribution in [0.3, 0.4) is 0 Å². The minimum absolute atomic E-state index is 0.648. The highest BCUT2D eigenvalue weighted by Crippen LogP contribution is 2.27. The van der Waals surface area contributed by atoms with E-state index in [1.165, 1.54) is 16.8 Å². The van der Waals surface area contributed by atoms with Crippen molar-refractivity contribution in [3.05, 3.63) is 29.3 Å². The molecule has 1 aliphatic heterocycles. The fourth-order valence-electron chi connectivity index (χ4n) is 2.07. The molecule has 0 bridgehead atoms. The van der Waals surface area contributed by atoms with Crippen LogP contribution in [0.1, 0.15) is 24.5 Å². The molecule has 0 unspecified atom stereocenters. The summed E-state index contributed by atoms with van der Waals surface area (Å²) in [6.07, 6.45) is 2.31. The van der Waals surface area contributed by atoms with E-state index in [0.717, 1.165) is 19.4 Å². The molecule has 74 valence electrons. The monoisotopic (exact) mass is 188 g/mol. The quantitative estimate of drug-likeness (QED) is 0.492. The highest BCUT2D eigenvalue weighted by atomic mass is 15.2. The first-order chi connectivity index (χ1) is 6.68. The van der Waals surface area contributed by atoms with Crippen LogP contribution < -0.4 is 4.90 Å². The van der Waals surface area contributed by atoms with Crippen LogP contribution in [0.2, 0.25) is 0 Å². The molecule has 2 heteroatoms. The first-order valence-electron chi connectivity index (χ1n) is 5.11. The van der Waals surface area contributed by atoms with Crippen LogP contribution in [0, 0.1) is 12.3 Å². The summed E-state index contributed by atoms with van der Waals surface area (Å²) in [5.41, 5.74) is 3.94. The van der Waals surface area contributed by atoms with Gasteiger partial charge in [-0.3, -0.25) is 5.41 Å². The van der Waals surface area contributed by atoms with Crippen molar-refractivity contribution in [1.29, 1.82) is 5.41 Å². The van der Waals surface area contributed by atoms with E-state index in [1.807, 2.05) is 6.92 Å². The molecule has 0 radical (unpaired) electrons. The second kappa shape index (κ2) is 3.45. The number of nitrogens with one attached hydrogen (secondary N) is 1. The number of anilines is 1. The summed E-state index contributed by atoms with van der Waals surface area (Å²) in [6.45, 7) is 4.97. The molecule has 0 atom stereocenters. The molecule has 0 saturated heterocycles. The van der Waals surface area contributed by atoms with Crippen molar-refractivity contribution >= 4 is 11.5 Å². The lowest BCUT2D eigenvalue weighted by Gasteiger charge is -2.30. The van der Waals surface area contributed by atoms with Gasteiger partial charge in [0.05, 0.1) is 5.84 Å². The van der Waals surface area contributed by atoms with Gasteiger partial charge in [0.15, 0.2) is 0 Å². The Kier molecular flexibility index (Phi) is 2.28. The molecule has 1 N–H and O–H groups in total. The Bertz CT molecular complexity index is 369. The molecular weight excluding hydrogens is 172 g/mol. The number of hydrogen-bond acceptors (Lipinski definition) is 1. The average Bonchev–Trinajstić information content (AvgIpc) is 2.16. The first-order valence-corrected chi connectivity index (χ1v) is 5.11. The summed E-state index contributed by atoms with van der Waals surface area (Å²) < 4.78 is 0. The fraction of sp³-hybridized carbons (Fsp3) is 0.417. The zero-order chi connectivity index (χ0) is 10.1. The van der Waals surface area contributed by atoms with Crippen molar-refractivity contribution < 1.29 is 0 Å². The highest BCUT2D eigenvalue weighted by Gasteiger charge is 2.17. The summed E-state index contributed by atoms with van der Waals surface area (Å²) in [5.74, 6) is 0.648. The largest absolute Gasteiger partial charge is 0.330 e. The molecule has 0 saturated carbocycles. The Hall–Kier alpha value is -1.31. The van der Waals surface area contributed by atoms with Gasteiger partial charge in [-0.25, -0.2) is 0 Å². The summed E-state index contributed by atoms with van der Waals surface area (Å²) in [4.78, 5) is 2.10. The summed E-state index contributed by atoms with van der Waals surface area (Å²) in [6, 6.07) is 6.51. The van der Waals surface area contributed by atoms with E-state index in [-0.39, 0.29) is 0 Å². The SMILES string of the molecule is CC(=N)N1CCCc2cc(C)ccc21. The number of rotatable bonds is 0. The minimum Gasteiger partial charge on any atom is -0.330 e. The van der Waals surface area contributed by atoms with Crippen LogP contribution in [0.4, 0.5) is 5.69 Å². The lowest BCUT2D eigenvalue weighted by molar-refractivity contribution is 0.774. The van der Waals surface area contributed by atoms with Gasteiger partial charge in [0.25, 0.3) is 0 Å². The van der Waals surface area contributed by atoms with Crippen LogP contribution in [0.25, 0.3) is 0 Å². The molecule has 2 rings (SSSR count). The summed E-state index contributed by atoms with van der Waals surface area (Å²) >= 11 is 0. The number of fused-ring (bicyclic) bond motifs is 1. The predicted molar refractivity (Wildman–Crippen MR) is 60.2 cm³/mol. The summed E-state index contributed by atoms with van der Waals surface area (Å²) in [7, 11) is 0. The second-order valence-electron chi connectivity index (χ2n) is 3.97. The smallest absolute Gasteiger partial charge is 0.0970 e. The second-order valence-corrected chi connectivity index (χ2v) is 3.97. The van der Waals surface area contributed by atoms with Crippen molar-refractivity contribution in [2.45, 2.75) is 26.7 Å². The summed E-state index contributed by atoms with van der Waals surface area (Å²) in [5, 5.41) is 7.70. The van der Waals surface area contributed by atoms with E-state index in [2.05, 4.69) is 30.0 Å². The lowest BCUT2D eigenvalue weighted by Crippen LogP contribution is -2.33. The molecule has 1 heterocycles. The van der Waals surface area contributed by atoms with Gasteiger partial charge in [0, 0.05) is 12.2 Å². The van der Waals surface area contributed by atoms with Crippen molar-refractivity contribution in [3.63, 3.8) is 0 Å². The zero-order valence-electron chi connectivity index (χ0n) is 8.80. The molecule has 0 spiro atoms. The number of amidine groups is 1. The fourth-order valence-corrected chi connectivity index (χ4v) is 2.07. The average molecular weight is 188 g/mol. The molecule has 2 nitrogen and oxygen atoms in total. The molecule has 0 aliphatic carbocycles. The van der Waals surface area contributed by atoms with E-state index in [9.17, 15) is 0 Å².